The van der Waals surface area contributed by atoms with Gasteiger partial charge in [-0.3, -0.25) is 14.5 Å². The average molecular weight is 600 g/mol. The van der Waals surface area contributed by atoms with Crippen molar-refractivity contribution in [1.29, 1.82) is 0 Å². The molecule has 2 aromatic rings. The lowest BCUT2D eigenvalue weighted by molar-refractivity contribution is -0.154. The van der Waals surface area contributed by atoms with E-state index < -0.39 is 23.2 Å². The molecule has 226 valence electrons. The molecule has 0 radical (unpaired) electrons. The fourth-order valence-corrected chi connectivity index (χ4v) is 7.24. The highest BCUT2D eigenvalue weighted by Crippen LogP contribution is 2.47. The van der Waals surface area contributed by atoms with Gasteiger partial charge in [-0.25, -0.2) is 9.59 Å². The van der Waals surface area contributed by atoms with Gasteiger partial charge in [-0.05, 0) is 57.7 Å². The van der Waals surface area contributed by atoms with Gasteiger partial charge in [0, 0.05) is 37.0 Å². The Morgan fingerprint density at radius 1 is 1.14 bits per heavy atom. The molecule has 3 aliphatic rings. The highest BCUT2D eigenvalue weighted by Gasteiger charge is 2.54. The first-order valence-electron chi connectivity index (χ1n) is 13.9. The predicted octanol–water partition coefficient (Wildman–Crippen LogP) is 4.57. The maximum Gasteiger partial charge on any atom is 0.432 e. The molecule has 42 heavy (non-hydrogen) atoms. The van der Waals surface area contributed by atoms with Gasteiger partial charge in [-0.15, -0.1) is 11.3 Å². The highest BCUT2D eigenvalue weighted by molar-refractivity contribution is 7.20. The summed E-state index contributed by atoms with van der Waals surface area (Å²) in [6.45, 7) is 6.94. The molecular formula is C29H37N5O7S. The number of anilines is 1. The van der Waals surface area contributed by atoms with E-state index in [2.05, 4.69) is 20.9 Å². The quantitative estimate of drug-likeness (QED) is 0.218. The van der Waals surface area contributed by atoms with E-state index in [4.69, 9.17) is 19.7 Å². The van der Waals surface area contributed by atoms with Crippen LogP contribution < -0.4 is 11.1 Å². The third kappa shape index (κ3) is 7.45. The van der Waals surface area contributed by atoms with E-state index in [1.54, 1.807) is 0 Å². The van der Waals surface area contributed by atoms with E-state index in [1.165, 1.54) is 11.3 Å². The van der Waals surface area contributed by atoms with Crippen LogP contribution in [0.1, 0.15) is 56.3 Å². The first-order valence-corrected chi connectivity index (χ1v) is 14.7. The average Bonchev–Trinajstić information content (AvgIpc) is 3.45. The number of cyclic esters (lactones) is 1. The summed E-state index contributed by atoms with van der Waals surface area (Å²) in [6, 6.07) is 12.0. The van der Waals surface area contributed by atoms with Crippen molar-refractivity contribution in [2.24, 2.45) is 16.1 Å². The van der Waals surface area contributed by atoms with Crippen molar-refractivity contribution in [2.45, 2.75) is 57.6 Å². The van der Waals surface area contributed by atoms with Gasteiger partial charge >= 0.3 is 18.2 Å². The van der Waals surface area contributed by atoms with Crippen LogP contribution in [-0.2, 0) is 9.53 Å². The molecule has 4 heterocycles. The number of rotatable bonds is 5. The fourth-order valence-electron chi connectivity index (χ4n) is 6.22. The molecule has 3 aliphatic heterocycles. The molecule has 5 rings (SSSR count). The van der Waals surface area contributed by atoms with E-state index >= 15 is 0 Å². The van der Waals surface area contributed by atoms with E-state index in [0.29, 0.717) is 29.7 Å². The number of benzene rings is 1. The minimum absolute atomic E-state index is 0.0574. The van der Waals surface area contributed by atoms with E-state index in [0.717, 1.165) is 62.0 Å². The number of carbonyl (C=O) groups excluding carboxylic acids is 2. The zero-order valence-corrected chi connectivity index (χ0v) is 24.6. The number of carboxylic acid groups (broad SMARTS) is 2. The summed E-state index contributed by atoms with van der Waals surface area (Å²) in [6.07, 6.45) is 2.78. The summed E-state index contributed by atoms with van der Waals surface area (Å²) in [7, 11) is 0. The van der Waals surface area contributed by atoms with Crippen molar-refractivity contribution in [3.63, 3.8) is 0 Å². The summed E-state index contributed by atoms with van der Waals surface area (Å²) < 4.78 is 5.70. The highest BCUT2D eigenvalue weighted by atomic mass is 32.1. The van der Waals surface area contributed by atoms with Gasteiger partial charge < -0.3 is 30.9 Å². The van der Waals surface area contributed by atoms with Crippen molar-refractivity contribution >= 4 is 46.7 Å². The van der Waals surface area contributed by atoms with Gasteiger partial charge in [0.25, 0.3) is 5.91 Å². The first kappa shape index (κ1) is 31.0. The number of nitrogens with two attached hydrogens (primary N) is 1. The molecule has 0 saturated carbocycles. The number of primary amides is 1. The van der Waals surface area contributed by atoms with Gasteiger partial charge in [-0.2, -0.15) is 4.99 Å². The van der Waals surface area contributed by atoms with Gasteiger partial charge in [0.15, 0.2) is 0 Å². The van der Waals surface area contributed by atoms with Crippen LogP contribution in [0, 0.1) is 5.41 Å². The summed E-state index contributed by atoms with van der Waals surface area (Å²) in [4.78, 5) is 54.6. The molecule has 13 heteroatoms. The van der Waals surface area contributed by atoms with Crippen LogP contribution in [0.2, 0.25) is 0 Å². The van der Waals surface area contributed by atoms with Crippen LogP contribution in [0.3, 0.4) is 0 Å². The summed E-state index contributed by atoms with van der Waals surface area (Å²) in [5.74, 6) is -0.137. The number of thiophene rings is 1. The largest absolute Gasteiger partial charge is 0.465 e. The Kier molecular flexibility index (Phi) is 9.52. The van der Waals surface area contributed by atoms with Gasteiger partial charge in [-0.1, -0.05) is 30.3 Å². The van der Waals surface area contributed by atoms with E-state index in [9.17, 15) is 14.4 Å². The van der Waals surface area contributed by atoms with Gasteiger partial charge in [0.05, 0.1) is 11.0 Å². The standard InChI is InChI=1S/C28H34N4O5S.CH3NO2/c1-27(2)16-28(25(34)37-27)11-6-12-32(17-28)20-9-13-31(14-10-20)24(33)21-15-22(19-7-4-3-5-8-19)38-23(21)29-18-30-26(35)36;2-1(3)4/h3-5,7-8,15,18,20H,6,9-14,16-17H2,1-2H3,(H,29,30)(H,35,36);2H2,(H,3,4). The Bertz CT molecular complexity index is 1330. The third-order valence-electron chi connectivity index (χ3n) is 7.83. The number of nitrogens with one attached hydrogen (secondary N) is 1. The van der Waals surface area contributed by atoms with Gasteiger partial charge in [0.1, 0.15) is 16.9 Å². The molecule has 3 amide bonds. The van der Waals surface area contributed by atoms with Crippen LogP contribution >= 0.6 is 11.3 Å². The van der Waals surface area contributed by atoms with Crippen LogP contribution in [0.4, 0.5) is 14.6 Å². The number of carbonyl (C=O) groups is 4. The lowest BCUT2D eigenvalue weighted by Gasteiger charge is -2.44. The monoisotopic (exact) mass is 599 g/mol. The second-order valence-electron chi connectivity index (χ2n) is 11.4. The summed E-state index contributed by atoms with van der Waals surface area (Å²) in [5, 5.41) is 19.5. The van der Waals surface area contributed by atoms with Crippen LogP contribution in [0.5, 0.6) is 0 Å². The second-order valence-corrected chi connectivity index (χ2v) is 12.5. The Labute approximate surface area is 248 Å². The lowest BCUT2D eigenvalue weighted by atomic mass is 9.74. The molecule has 0 bridgehead atoms. The molecule has 3 fully saturated rings. The normalized spacial score (nSPS) is 22.4. The molecule has 12 nitrogen and oxygen atoms in total. The molecular weight excluding hydrogens is 562 g/mol. The zero-order valence-electron chi connectivity index (χ0n) is 23.7. The number of likely N-dealkylation sites (tertiary alicyclic amines) is 2. The van der Waals surface area contributed by atoms with Crippen molar-refractivity contribution in [3.05, 3.63) is 42.0 Å². The predicted molar refractivity (Wildman–Crippen MR) is 159 cm³/mol. The minimum atomic E-state index is -1.33. The van der Waals surface area contributed by atoms with Crippen LogP contribution in [0.25, 0.3) is 10.4 Å². The molecule has 1 aromatic carbocycles. The number of ether oxygens (including phenoxy) is 1. The molecule has 3 saturated heterocycles. The van der Waals surface area contributed by atoms with Gasteiger partial charge in [0.2, 0.25) is 0 Å². The number of hydrogen-bond donors (Lipinski definition) is 4. The molecule has 1 aromatic heterocycles. The Hall–Kier alpha value is -3.97. The van der Waals surface area contributed by atoms with Crippen molar-refractivity contribution in [1.82, 2.24) is 9.80 Å². The maximum absolute atomic E-state index is 13.6. The molecule has 1 unspecified atom stereocenters. The first-order chi connectivity index (χ1) is 19.9. The van der Waals surface area contributed by atoms with Crippen LogP contribution in [0.15, 0.2) is 41.4 Å². The van der Waals surface area contributed by atoms with Crippen molar-refractivity contribution in [2.75, 3.05) is 31.5 Å². The van der Waals surface area contributed by atoms with E-state index in [1.807, 2.05) is 55.1 Å². The number of nitrogens with zero attached hydrogens (tertiary/aromatic N) is 3. The van der Waals surface area contributed by atoms with Crippen molar-refractivity contribution in [3.8, 4) is 10.4 Å². The molecule has 1 spiro atoms. The Morgan fingerprint density at radius 3 is 2.40 bits per heavy atom. The SMILES string of the molecule is CC1(C)CC2(CCCN(C3CCN(C(=O)c4cc(-c5ccccc5)sc4NC=NC(=O)O)CC3)C2)C(=O)O1.NC(=O)O. The van der Waals surface area contributed by atoms with Crippen molar-refractivity contribution < 1.29 is 34.1 Å². The third-order valence-corrected chi connectivity index (χ3v) is 8.95. The zero-order chi connectivity index (χ0) is 30.5. The molecule has 5 N–H and O–H groups in total. The number of esters is 1. The topological polar surface area (TPSA) is 175 Å². The Balaban J connectivity index is 0.000000952. The number of hydrogen-bond acceptors (Lipinski definition) is 7. The number of aliphatic imine (C=N–C) groups is 1. The van der Waals surface area contributed by atoms with E-state index in [-0.39, 0.29) is 11.9 Å². The lowest BCUT2D eigenvalue weighted by Crippen LogP contribution is -2.53. The summed E-state index contributed by atoms with van der Waals surface area (Å²) >= 11 is 1.40. The Morgan fingerprint density at radius 2 is 1.81 bits per heavy atom. The smallest absolute Gasteiger partial charge is 0.432 e. The summed E-state index contributed by atoms with van der Waals surface area (Å²) in [5.41, 5.74) is 4.71. The number of amides is 3. The number of piperidine rings is 2. The minimum Gasteiger partial charge on any atom is -0.465 e. The molecule has 1 atom stereocenters. The second kappa shape index (κ2) is 12.9. The van der Waals surface area contributed by atoms with Crippen LogP contribution in [-0.4, -0.2) is 88.2 Å². The maximum atomic E-state index is 13.6. The molecule has 0 aliphatic carbocycles. The fraction of sp³-hybridized carbons (Fsp3) is 0.483.